The van der Waals surface area contributed by atoms with Crippen LogP contribution in [-0.2, 0) is 0 Å². The maximum atomic E-state index is 13.5. The van der Waals surface area contributed by atoms with E-state index in [1.54, 1.807) is 30.1 Å². The van der Waals surface area contributed by atoms with Crippen molar-refractivity contribution in [2.75, 3.05) is 13.7 Å². The van der Waals surface area contributed by atoms with E-state index in [2.05, 4.69) is 10.4 Å². The van der Waals surface area contributed by atoms with E-state index in [4.69, 9.17) is 9.47 Å². The molecule has 1 atom stereocenters. The molecule has 1 aliphatic heterocycles. The number of halogens is 1. The Kier molecular flexibility index (Phi) is 5.52. The van der Waals surface area contributed by atoms with Gasteiger partial charge in [0.25, 0.3) is 5.91 Å². The van der Waals surface area contributed by atoms with Gasteiger partial charge in [0, 0.05) is 23.7 Å². The fraction of sp³-hybridized carbons (Fsp3) is 0.154. The van der Waals surface area contributed by atoms with Crippen LogP contribution < -0.4 is 14.8 Å². The molecule has 1 aromatic heterocycles. The molecule has 7 heteroatoms. The SMILES string of the molecule is COc1cccc(-c2nn(-c3ccc(F)cc3)cc2C(=O)N[C@@H]2CCOc3ccccc32)c1. The molecular formula is C26H22FN3O3. The van der Waals surface area contributed by atoms with Crippen LogP contribution in [0.5, 0.6) is 11.5 Å². The minimum atomic E-state index is -0.338. The Hall–Kier alpha value is -4.13. The zero-order valence-electron chi connectivity index (χ0n) is 18.0. The largest absolute Gasteiger partial charge is 0.497 e. The van der Waals surface area contributed by atoms with Crippen molar-refractivity contribution < 1.29 is 18.7 Å². The quantitative estimate of drug-likeness (QED) is 0.475. The van der Waals surface area contributed by atoms with Crippen molar-refractivity contribution in [2.45, 2.75) is 12.5 Å². The number of aromatic nitrogens is 2. The number of carbonyl (C=O) groups excluding carboxylic acids is 1. The van der Waals surface area contributed by atoms with Crippen LogP contribution in [0, 0.1) is 5.82 Å². The fourth-order valence-corrected chi connectivity index (χ4v) is 3.98. The predicted molar refractivity (Wildman–Crippen MR) is 122 cm³/mol. The summed E-state index contributed by atoms with van der Waals surface area (Å²) in [6, 6.07) is 20.9. The number of nitrogens with one attached hydrogen (secondary N) is 1. The van der Waals surface area contributed by atoms with Crippen molar-refractivity contribution in [3.63, 3.8) is 0 Å². The first kappa shape index (κ1) is 20.8. The normalized spacial score (nSPS) is 14.8. The molecule has 0 fully saturated rings. The van der Waals surface area contributed by atoms with Crippen LogP contribution in [0.25, 0.3) is 16.9 Å². The molecule has 0 radical (unpaired) electrons. The number of benzene rings is 3. The first-order valence-electron chi connectivity index (χ1n) is 10.6. The summed E-state index contributed by atoms with van der Waals surface area (Å²) in [4.78, 5) is 13.5. The van der Waals surface area contributed by atoms with Crippen molar-refractivity contribution in [1.82, 2.24) is 15.1 Å². The molecule has 1 amide bonds. The minimum absolute atomic E-state index is 0.171. The van der Waals surface area contributed by atoms with Crippen LogP contribution in [0.15, 0.2) is 79.0 Å². The third kappa shape index (κ3) is 4.17. The van der Waals surface area contributed by atoms with Gasteiger partial charge in [-0.1, -0.05) is 30.3 Å². The summed E-state index contributed by atoms with van der Waals surface area (Å²) >= 11 is 0. The molecule has 1 aliphatic rings. The van der Waals surface area contributed by atoms with Gasteiger partial charge in [-0.25, -0.2) is 9.07 Å². The molecule has 33 heavy (non-hydrogen) atoms. The van der Waals surface area contributed by atoms with Gasteiger partial charge in [-0.05, 0) is 42.5 Å². The van der Waals surface area contributed by atoms with Crippen LogP contribution in [0.1, 0.15) is 28.4 Å². The maximum Gasteiger partial charge on any atom is 0.255 e. The Morgan fingerprint density at radius 3 is 2.76 bits per heavy atom. The van der Waals surface area contributed by atoms with Gasteiger partial charge in [0.15, 0.2) is 0 Å². The highest BCUT2D eigenvalue weighted by Crippen LogP contribution is 2.33. The number of nitrogens with zero attached hydrogens (tertiary/aromatic N) is 2. The highest BCUT2D eigenvalue weighted by atomic mass is 19.1. The number of hydrogen-bond donors (Lipinski definition) is 1. The van der Waals surface area contributed by atoms with Crippen LogP contribution in [-0.4, -0.2) is 29.4 Å². The van der Waals surface area contributed by atoms with Gasteiger partial charge in [0.05, 0.1) is 31.0 Å². The second-order valence-electron chi connectivity index (χ2n) is 7.75. The zero-order chi connectivity index (χ0) is 22.8. The lowest BCUT2D eigenvalue weighted by atomic mass is 10.00. The molecule has 166 valence electrons. The molecule has 0 aliphatic carbocycles. The van der Waals surface area contributed by atoms with Gasteiger partial charge in [-0.3, -0.25) is 4.79 Å². The van der Waals surface area contributed by atoms with Gasteiger partial charge in [0.1, 0.15) is 23.0 Å². The lowest BCUT2D eigenvalue weighted by molar-refractivity contribution is 0.0925. The van der Waals surface area contributed by atoms with E-state index in [0.717, 1.165) is 16.9 Å². The molecule has 4 aromatic rings. The minimum Gasteiger partial charge on any atom is -0.497 e. The average Bonchev–Trinajstić information content (AvgIpc) is 3.30. The Morgan fingerprint density at radius 2 is 1.94 bits per heavy atom. The van der Waals surface area contributed by atoms with Crippen molar-refractivity contribution in [1.29, 1.82) is 0 Å². The summed E-state index contributed by atoms with van der Waals surface area (Å²) < 4.78 is 26.1. The standard InChI is InChI=1S/C26H22FN3O3/c1-32-20-6-4-5-17(15-20)25-22(16-30(29-25)19-11-9-18(27)10-12-19)26(31)28-23-13-14-33-24-8-3-2-7-21(23)24/h2-12,15-16,23H,13-14H2,1H3,(H,28,31)/t23-/m1/s1. The van der Waals surface area contributed by atoms with E-state index in [1.165, 1.54) is 12.1 Å². The molecule has 0 spiro atoms. The molecule has 1 N–H and O–H groups in total. The van der Waals surface area contributed by atoms with E-state index < -0.39 is 0 Å². The van der Waals surface area contributed by atoms with Crippen molar-refractivity contribution in [2.24, 2.45) is 0 Å². The highest BCUT2D eigenvalue weighted by Gasteiger charge is 2.26. The second kappa shape index (κ2) is 8.78. The van der Waals surface area contributed by atoms with E-state index in [1.807, 2.05) is 48.5 Å². The molecular weight excluding hydrogens is 421 g/mol. The topological polar surface area (TPSA) is 65.4 Å². The van der Waals surface area contributed by atoms with Crippen molar-refractivity contribution in [3.05, 3.63) is 95.9 Å². The molecule has 0 saturated heterocycles. The predicted octanol–water partition coefficient (Wildman–Crippen LogP) is 4.94. The second-order valence-corrected chi connectivity index (χ2v) is 7.75. The van der Waals surface area contributed by atoms with Gasteiger partial charge in [-0.2, -0.15) is 5.10 Å². The number of hydrogen-bond acceptors (Lipinski definition) is 4. The Labute approximate surface area is 190 Å². The fourth-order valence-electron chi connectivity index (χ4n) is 3.98. The van der Waals surface area contributed by atoms with Gasteiger partial charge in [0.2, 0.25) is 0 Å². The number of methoxy groups -OCH3 is 1. The number of ether oxygens (including phenoxy) is 2. The third-order valence-electron chi connectivity index (χ3n) is 5.66. The summed E-state index contributed by atoms with van der Waals surface area (Å²) in [5, 5.41) is 7.81. The molecule has 0 bridgehead atoms. The lowest BCUT2D eigenvalue weighted by Gasteiger charge is -2.26. The van der Waals surface area contributed by atoms with E-state index in [-0.39, 0.29) is 17.8 Å². The zero-order valence-corrected chi connectivity index (χ0v) is 18.0. The first-order chi connectivity index (χ1) is 16.1. The van der Waals surface area contributed by atoms with Gasteiger partial charge >= 0.3 is 0 Å². The van der Waals surface area contributed by atoms with Crippen LogP contribution in [0.3, 0.4) is 0 Å². The van der Waals surface area contributed by atoms with Crippen molar-refractivity contribution in [3.8, 4) is 28.4 Å². The average molecular weight is 443 g/mol. The van der Waals surface area contributed by atoms with Crippen molar-refractivity contribution >= 4 is 5.91 Å². The van der Waals surface area contributed by atoms with Crippen LogP contribution in [0.4, 0.5) is 4.39 Å². The summed E-state index contributed by atoms with van der Waals surface area (Å²) in [5.41, 5.74) is 3.27. The first-order valence-corrected chi connectivity index (χ1v) is 10.6. The van der Waals surface area contributed by atoms with Crippen LogP contribution in [0.2, 0.25) is 0 Å². The van der Waals surface area contributed by atoms with Gasteiger partial charge in [-0.15, -0.1) is 0 Å². The van der Waals surface area contributed by atoms with Crippen LogP contribution >= 0.6 is 0 Å². The summed E-state index contributed by atoms with van der Waals surface area (Å²) in [6.07, 6.45) is 2.34. The lowest BCUT2D eigenvalue weighted by Crippen LogP contribution is -2.32. The summed E-state index contributed by atoms with van der Waals surface area (Å²) in [5.74, 6) is 0.857. The van der Waals surface area contributed by atoms with E-state index in [9.17, 15) is 9.18 Å². The maximum absolute atomic E-state index is 13.5. The molecule has 5 rings (SSSR count). The Balaban J connectivity index is 1.54. The monoisotopic (exact) mass is 443 g/mol. The number of para-hydroxylation sites is 1. The Morgan fingerprint density at radius 1 is 1.12 bits per heavy atom. The summed E-state index contributed by atoms with van der Waals surface area (Å²) in [7, 11) is 1.59. The number of carbonyl (C=O) groups is 1. The molecule has 3 aromatic carbocycles. The number of fused-ring (bicyclic) bond motifs is 1. The highest BCUT2D eigenvalue weighted by molar-refractivity contribution is 6.00. The smallest absolute Gasteiger partial charge is 0.255 e. The molecule has 2 heterocycles. The van der Waals surface area contributed by atoms with E-state index >= 15 is 0 Å². The Bertz CT molecular complexity index is 1300. The molecule has 0 unspecified atom stereocenters. The third-order valence-corrected chi connectivity index (χ3v) is 5.66. The van der Waals surface area contributed by atoms with E-state index in [0.29, 0.717) is 35.7 Å². The summed E-state index contributed by atoms with van der Waals surface area (Å²) in [6.45, 7) is 0.527. The van der Waals surface area contributed by atoms with Gasteiger partial charge < -0.3 is 14.8 Å². The number of rotatable bonds is 5. The molecule has 6 nitrogen and oxygen atoms in total. The number of amides is 1. The molecule has 0 saturated carbocycles.